The minimum absolute atomic E-state index is 0.683. The molecule has 4 heteroatoms. The lowest BCUT2D eigenvalue weighted by Gasteiger charge is -2.07. The first-order valence-corrected chi connectivity index (χ1v) is 6.24. The predicted octanol–water partition coefficient (Wildman–Crippen LogP) is 4.18. The summed E-state index contributed by atoms with van der Waals surface area (Å²) < 4.78 is 6.70. The van der Waals surface area contributed by atoms with E-state index < -0.39 is 0 Å². The molecule has 2 heterocycles. The SMILES string of the molecule is Brc1cncc(Oc2cccc3cccnc23)c1. The molecule has 0 aliphatic rings. The van der Waals surface area contributed by atoms with E-state index in [2.05, 4.69) is 25.9 Å². The number of ether oxygens (including phenoxy) is 1. The van der Waals surface area contributed by atoms with Crippen molar-refractivity contribution >= 4 is 26.8 Å². The summed E-state index contributed by atoms with van der Waals surface area (Å²) >= 11 is 3.37. The van der Waals surface area contributed by atoms with Crippen LogP contribution in [0.5, 0.6) is 11.5 Å². The normalized spacial score (nSPS) is 10.5. The van der Waals surface area contributed by atoms with Crippen LogP contribution in [-0.4, -0.2) is 9.97 Å². The molecule has 1 aromatic carbocycles. The second-order valence-corrected chi connectivity index (χ2v) is 4.69. The van der Waals surface area contributed by atoms with Gasteiger partial charge in [0.15, 0.2) is 5.75 Å². The van der Waals surface area contributed by atoms with Crippen LogP contribution < -0.4 is 4.74 Å². The Kier molecular flexibility index (Phi) is 2.94. The third-order valence-electron chi connectivity index (χ3n) is 2.50. The monoisotopic (exact) mass is 300 g/mol. The van der Waals surface area contributed by atoms with E-state index in [1.54, 1.807) is 18.6 Å². The summed E-state index contributed by atoms with van der Waals surface area (Å²) in [6.07, 6.45) is 5.15. The highest BCUT2D eigenvalue weighted by molar-refractivity contribution is 9.10. The maximum absolute atomic E-state index is 5.82. The summed E-state index contributed by atoms with van der Waals surface area (Å²) in [5.74, 6) is 1.41. The van der Waals surface area contributed by atoms with Crippen LogP contribution in [0.4, 0.5) is 0 Å². The van der Waals surface area contributed by atoms with Crippen LogP contribution in [-0.2, 0) is 0 Å². The molecular formula is C14H9BrN2O. The fourth-order valence-electron chi connectivity index (χ4n) is 1.73. The van der Waals surface area contributed by atoms with Crippen molar-refractivity contribution in [1.82, 2.24) is 9.97 Å². The second-order valence-electron chi connectivity index (χ2n) is 3.77. The lowest BCUT2D eigenvalue weighted by Crippen LogP contribution is -1.88. The van der Waals surface area contributed by atoms with Crippen molar-refractivity contribution in [1.29, 1.82) is 0 Å². The smallest absolute Gasteiger partial charge is 0.153 e. The first-order chi connectivity index (χ1) is 8.83. The number of pyridine rings is 2. The van der Waals surface area contributed by atoms with Crippen LogP contribution in [0.15, 0.2) is 59.5 Å². The Morgan fingerprint density at radius 3 is 2.83 bits per heavy atom. The molecule has 0 aliphatic carbocycles. The summed E-state index contributed by atoms with van der Waals surface area (Å²) in [4.78, 5) is 8.41. The van der Waals surface area contributed by atoms with Gasteiger partial charge in [0.25, 0.3) is 0 Å². The Morgan fingerprint density at radius 2 is 1.94 bits per heavy atom. The highest BCUT2D eigenvalue weighted by atomic mass is 79.9. The Morgan fingerprint density at radius 1 is 1.06 bits per heavy atom. The molecule has 0 fully saturated rings. The van der Waals surface area contributed by atoms with Gasteiger partial charge in [-0.2, -0.15) is 0 Å². The van der Waals surface area contributed by atoms with E-state index >= 15 is 0 Å². The molecule has 0 atom stereocenters. The van der Waals surface area contributed by atoms with Gasteiger partial charge in [-0.1, -0.05) is 18.2 Å². The molecule has 0 spiro atoms. The lowest BCUT2D eigenvalue weighted by atomic mass is 10.2. The second kappa shape index (κ2) is 4.74. The van der Waals surface area contributed by atoms with E-state index in [0.29, 0.717) is 5.75 Å². The van der Waals surface area contributed by atoms with Gasteiger partial charge in [0.1, 0.15) is 11.3 Å². The minimum atomic E-state index is 0.683. The number of para-hydroxylation sites is 1. The van der Waals surface area contributed by atoms with Gasteiger partial charge in [-0.05, 0) is 34.1 Å². The van der Waals surface area contributed by atoms with Gasteiger partial charge in [-0.25, -0.2) is 0 Å². The standard InChI is InChI=1S/C14H9BrN2O/c15-11-7-12(9-16-8-11)18-13-5-1-3-10-4-2-6-17-14(10)13/h1-9H. The largest absolute Gasteiger partial charge is 0.453 e. The van der Waals surface area contributed by atoms with Crippen LogP contribution in [0.2, 0.25) is 0 Å². The van der Waals surface area contributed by atoms with E-state index in [1.807, 2.05) is 36.4 Å². The number of hydrogen-bond acceptors (Lipinski definition) is 3. The van der Waals surface area contributed by atoms with Crippen LogP contribution >= 0.6 is 15.9 Å². The number of nitrogens with zero attached hydrogens (tertiary/aromatic N) is 2. The van der Waals surface area contributed by atoms with E-state index in [0.717, 1.165) is 21.1 Å². The van der Waals surface area contributed by atoms with Crippen molar-refractivity contribution in [2.45, 2.75) is 0 Å². The Hall–Kier alpha value is -1.94. The van der Waals surface area contributed by atoms with Crippen molar-refractivity contribution in [3.8, 4) is 11.5 Å². The molecule has 0 unspecified atom stereocenters. The average Bonchev–Trinajstić information content (AvgIpc) is 2.39. The average molecular weight is 301 g/mol. The summed E-state index contributed by atoms with van der Waals surface area (Å²) in [6, 6.07) is 11.6. The van der Waals surface area contributed by atoms with Crippen LogP contribution in [0.25, 0.3) is 10.9 Å². The van der Waals surface area contributed by atoms with E-state index in [9.17, 15) is 0 Å². The maximum atomic E-state index is 5.82. The molecule has 3 aromatic rings. The summed E-state index contributed by atoms with van der Waals surface area (Å²) in [7, 11) is 0. The third kappa shape index (κ3) is 2.19. The molecule has 3 nitrogen and oxygen atoms in total. The minimum Gasteiger partial charge on any atom is -0.453 e. The topological polar surface area (TPSA) is 35.0 Å². The van der Waals surface area contributed by atoms with Crippen molar-refractivity contribution in [3.63, 3.8) is 0 Å². The van der Waals surface area contributed by atoms with Gasteiger partial charge in [-0.3, -0.25) is 9.97 Å². The van der Waals surface area contributed by atoms with Crippen molar-refractivity contribution < 1.29 is 4.74 Å². The molecule has 0 radical (unpaired) electrons. The van der Waals surface area contributed by atoms with Gasteiger partial charge in [0, 0.05) is 22.3 Å². The molecule has 0 saturated heterocycles. The zero-order valence-electron chi connectivity index (χ0n) is 9.38. The Bertz CT molecular complexity index is 695. The molecule has 0 bridgehead atoms. The maximum Gasteiger partial charge on any atom is 0.153 e. The summed E-state index contributed by atoms with van der Waals surface area (Å²) in [5, 5.41) is 1.05. The van der Waals surface area contributed by atoms with Gasteiger partial charge in [-0.15, -0.1) is 0 Å². The molecule has 2 aromatic heterocycles. The quantitative estimate of drug-likeness (QED) is 0.712. The van der Waals surface area contributed by atoms with E-state index in [-0.39, 0.29) is 0 Å². The first-order valence-electron chi connectivity index (χ1n) is 5.45. The number of hydrogen-bond donors (Lipinski definition) is 0. The van der Waals surface area contributed by atoms with Crippen LogP contribution in [0, 0.1) is 0 Å². The van der Waals surface area contributed by atoms with Gasteiger partial charge < -0.3 is 4.74 Å². The summed E-state index contributed by atoms with van der Waals surface area (Å²) in [6.45, 7) is 0. The fraction of sp³-hybridized carbons (Fsp3) is 0. The molecular weight excluding hydrogens is 292 g/mol. The molecule has 0 aliphatic heterocycles. The Balaban J connectivity index is 2.05. The molecule has 0 amide bonds. The third-order valence-corrected chi connectivity index (χ3v) is 2.94. The molecule has 88 valence electrons. The highest BCUT2D eigenvalue weighted by Crippen LogP contribution is 2.28. The number of rotatable bonds is 2. The zero-order valence-corrected chi connectivity index (χ0v) is 11.0. The van der Waals surface area contributed by atoms with Crippen LogP contribution in [0.1, 0.15) is 0 Å². The van der Waals surface area contributed by atoms with Crippen molar-refractivity contribution in [2.24, 2.45) is 0 Å². The number of benzene rings is 1. The van der Waals surface area contributed by atoms with Gasteiger partial charge in [0.05, 0.1) is 6.20 Å². The molecule has 0 N–H and O–H groups in total. The first kappa shape index (κ1) is 11.2. The number of fused-ring (bicyclic) bond motifs is 1. The molecule has 0 saturated carbocycles. The molecule has 3 rings (SSSR count). The van der Waals surface area contributed by atoms with Gasteiger partial charge in [0.2, 0.25) is 0 Å². The van der Waals surface area contributed by atoms with E-state index in [1.165, 1.54) is 0 Å². The zero-order chi connectivity index (χ0) is 12.4. The predicted molar refractivity (Wildman–Crippen MR) is 73.8 cm³/mol. The summed E-state index contributed by atoms with van der Waals surface area (Å²) in [5.41, 5.74) is 0.847. The number of halogens is 1. The van der Waals surface area contributed by atoms with Crippen LogP contribution in [0.3, 0.4) is 0 Å². The van der Waals surface area contributed by atoms with E-state index in [4.69, 9.17) is 4.74 Å². The van der Waals surface area contributed by atoms with Crippen molar-refractivity contribution in [3.05, 3.63) is 59.5 Å². The fourth-order valence-corrected chi connectivity index (χ4v) is 2.08. The molecule has 18 heavy (non-hydrogen) atoms. The Labute approximate surface area is 113 Å². The number of aromatic nitrogens is 2. The lowest BCUT2D eigenvalue weighted by molar-refractivity contribution is 0.484. The van der Waals surface area contributed by atoms with Crippen molar-refractivity contribution in [2.75, 3.05) is 0 Å². The highest BCUT2D eigenvalue weighted by Gasteiger charge is 2.04. The van der Waals surface area contributed by atoms with Gasteiger partial charge >= 0.3 is 0 Å².